The second-order valence-electron chi connectivity index (χ2n) is 5.30. The average Bonchev–Trinajstić information content (AvgIpc) is 3.11. The van der Waals surface area contributed by atoms with Crippen LogP contribution < -0.4 is 10.5 Å². The van der Waals surface area contributed by atoms with Gasteiger partial charge in [0.05, 0.1) is 4.90 Å². The molecule has 25 heavy (non-hydrogen) atoms. The Morgan fingerprint density at radius 2 is 2.16 bits per heavy atom. The molecular formula is C16H20N6O2S. The SMILES string of the molecule is C=C/C(=C\C=C(/C)c1cccc(S(N)(=O)=O)c1-c1nnn[nH]1)CNC. The fraction of sp³-hybridized carbons (Fsp3) is 0.188. The summed E-state index contributed by atoms with van der Waals surface area (Å²) in [5.74, 6) is 0.232. The van der Waals surface area contributed by atoms with Crippen LogP contribution in [-0.2, 0) is 10.0 Å². The van der Waals surface area contributed by atoms with E-state index in [0.29, 0.717) is 17.7 Å². The van der Waals surface area contributed by atoms with Crippen molar-refractivity contribution in [2.75, 3.05) is 13.6 Å². The maximum absolute atomic E-state index is 12.0. The van der Waals surface area contributed by atoms with Crippen LogP contribution in [0.5, 0.6) is 0 Å². The van der Waals surface area contributed by atoms with Gasteiger partial charge in [0.1, 0.15) is 0 Å². The summed E-state index contributed by atoms with van der Waals surface area (Å²) < 4.78 is 23.9. The Labute approximate surface area is 146 Å². The van der Waals surface area contributed by atoms with Gasteiger partial charge in [-0.3, -0.25) is 0 Å². The minimum atomic E-state index is -3.94. The third-order valence-electron chi connectivity index (χ3n) is 3.53. The molecule has 1 heterocycles. The van der Waals surface area contributed by atoms with Crippen LogP contribution in [0.4, 0.5) is 0 Å². The van der Waals surface area contributed by atoms with Gasteiger partial charge in [-0.25, -0.2) is 18.7 Å². The topological polar surface area (TPSA) is 127 Å². The van der Waals surface area contributed by atoms with Gasteiger partial charge in [0, 0.05) is 12.1 Å². The number of aromatic nitrogens is 4. The van der Waals surface area contributed by atoms with Crippen molar-refractivity contribution in [2.45, 2.75) is 11.8 Å². The Morgan fingerprint density at radius 1 is 1.40 bits per heavy atom. The van der Waals surface area contributed by atoms with Crippen molar-refractivity contribution in [3.05, 3.63) is 54.1 Å². The van der Waals surface area contributed by atoms with E-state index in [-0.39, 0.29) is 10.7 Å². The summed E-state index contributed by atoms with van der Waals surface area (Å²) in [5.41, 5.74) is 2.82. The highest BCUT2D eigenvalue weighted by Gasteiger charge is 2.21. The van der Waals surface area contributed by atoms with E-state index in [1.54, 1.807) is 18.2 Å². The summed E-state index contributed by atoms with van der Waals surface area (Å²) in [6.45, 7) is 6.31. The number of nitrogens with one attached hydrogen (secondary N) is 2. The third-order valence-corrected chi connectivity index (χ3v) is 4.48. The largest absolute Gasteiger partial charge is 0.316 e. The van der Waals surface area contributed by atoms with Gasteiger partial charge in [0.2, 0.25) is 10.0 Å². The number of tetrazole rings is 1. The minimum absolute atomic E-state index is 0.0422. The molecule has 2 aromatic rings. The van der Waals surface area contributed by atoms with Crippen LogP contribution in [0.15, 0.2) is 53.5 Å². The first kappa shape index (κ1) is 18.7. The van der Waals surface area contributed by atoms with Crippen LogP contribution in [-0.4, -0.2) is 42.6 Å². The molecule has 0 unspecified atom stereocenters. The highest BCUT2D eigenvalue weighted by molar-refractivity contribution is 7.89. The predicted molar refractivity (Wildman–Crippen MR) is 96.8 cm³/mol. The fourth-order valence-electron chi connectivity index (χ4n) is 2.33. The Kier molecular flexibility index (Phi) is 5.97. The van der Waals surface area contributed by atoms with Crippen LogP contribution in [0.3, 0.4) is 0 Å². The predicted octanol–water partition coefficient (Wildman–Crippen LogP) is 1.25. The van der Waals surface area contributed by atoms with E-state index in [1.807, 2.05) is 26.1 Å². The van der Waals surface area contributed by atoms with Gasteiger partial charge < -0.3 is 5.32 Å². The number of nitrogens with zero attached hydrogens (tertiary/aromatic N) is 3. The molecule has 0 atom stereocenters. The molecule has 0 fully saturated rings. The quantitative estimate of drug-likeness (QED) is 0.638. The molecule has 0 aliphatic heterocycles. The number of allylic oxidation sites excluding steroid dienone is 3. The van der Waals surface area contributed by atoms with Crippen molar-refractivity contribution >= 4 is 15.6 Å². The summed E-state index contributed by atoms with van der Waals surface area (Å²) in [4.78, 5) is -0.0422. The molecule has 4 N–H and O–H groups in total. The summed E-state index contributed by atoms with van der Waals surface area (Å²) in [6.07, 6.45) is 5.54. The molecule has 0 spiro atoms. The molecule has 0 aliphatic rings. The monoisotopic (exact) mass is 360 g/mol. The number of hydrogen-bond donors (Lipinski definition) is 3. The number of hydrogen-bond acceptors (Lipinski definition) is 6. The van der Waals surface area contributed by atoms with Crippen LogP contribution in [0, 0.1) is 0 Å². The highest BCUT2D eigenvalue weighted by atomic mass is 32.2. The third kappa shape index (κ3) is 4.47. The molecular weight excluding hydrogens is 340 g/mol. The second-order valence-corrected chi connectivity index (χ2v) is 6.83. The van der Waals surface area contributed by atoms with Crippen LogP contribution in [0.25, 0.3) is 17.0 Å². The molecule has 0 saturated heterocycles. The number of rotatable bonds is 7. The number of benzene rings is 1. The average molecular weight is 360 g/mol. The standard InChI is InChI=1S/C16H20N6O2S/c1-4-12(10-18-3)9-8-11(2)13-6-5-7-14(25(17,23)24)15(13)16-19-21-22-20-16/h4-9,18H,1,10H2,2-3H3,(H2,17,23,24)(H,19,20,21,22)/b11-8+,12-9+. The van der Waals surface area contributed by atoms with Gasteiger partial charge in [-0.05, 0) is 47.2 Å². The molecule has 0 saturated carbocycles. The highest BCUT2D eigenvalue weighted by Crippen LogP contribution is 2.31. The van der Waals surface area contributed by atoms with E-state index in [9.17, 15) is 8.42 Å². The van der Waals surface area contributed by atoms with Gasteiger partial charge in [-0.2, -0.15) is 0 Å². The lowest BCUT2D eigenvalue weighted by Gasteiger charge is -2.11. The zero-order valence-electron chi connectivity index (χ0n) is 14.0. The number of aromatic amines is 1. The van der Waals surface area contributed by atoms with Crippen molar-refractivity contribution in [3.63, 3.8) is 0 Å². The molecule has 1 aromatic heterocycles. The lowest BCUT2D eigenvalue weighted by Crippen LogP contribution is -2.14. The van der Waals surface area contributed by atoms with Crippen molar-refractivity contribution < 1.29 is 8.42 Å². The van der Waals surface area contributed by atoms with Crippen LogP contribution >= 0.6 is 0 Å². The molecule has 8 nitrogen and oxygen atoms in total. The zero-order valence-corrected chi connectivity index (χ0v) is 14.8. The number of sulfonamides is 1. The van der Waals surface area contributed by atoms with Crippen molar-refractivity contribution in [1.82, 2.24) is 25.9 Å². The first-order valence-corrected chi connectivity index (χ1v) is 8.98. The second kappa shape index (κ2) is 7.97. The van der Waals surface area contributed by atoms with Crippen molar-refractivity contribution in [1.29, 1.82) is 0 Å². The molecule has 9 heteroatoms. The number of primary sulfonamides is 1. The maximum atomic E-state index is 12.0. The summed E-state index contributed by atoms with van der Waals surface area (Å²) in [5, 5.41) is 21.9. The smallest absolute Gasteiger partial charge is 0.238 e. The van der Waals surface area contributed by atoms with E-state index in [2.05, 4.69) is 32.5 Å². The van der Waals surface area contributed by atoms with E-state index in [1.165, 1.54) is 6.07 Å². The normalized spacial score (nSPS) is 13.1. The lowest BCUT2D eigenvalue weighted by atomic mass is 9.99. The van der Waals surface area contributed by atoms with Gasteiger partial charge in [-0.15, -0.1) is 5.10 Å². The number of H-pyrrole nitrogens is 1. The van der Waals surface area contributed by atoms with E-state index < -0.39 is 10.0 Å². The molecule has 0 radical (unpaired) electrons. The van der Waals surface area contributed by atoms with Crippen molar-refractivity contribution in [3.8, 4) is 11.4 Å². The first-order valence-electron chi connectivity index (χ1n) is 7.43. The lowest BCUT2D eigenvalue weighted by molar-refractivity contribution is 0.598. The molecule has 2 rings (SSSR count). The van der Waals surface area contributed by atoms with Gasteiger partial charge in [0.15, 0.2) is 5.82 Å². The van der Waals surface area contributed by atoms with Crippen molar-refractivity contribution in [2.24, 2.45) is 5.14 Å². The number of likely N-dealkylation sites (N-methyl/N-ethyl adjacent to an activating group) is 1. The Morgan fingerprint density at radius 3 is 2.72 bits per heavy atom. The van der Waals surface area contributed by atoms with Crippen LogP contribution in [0.1, 0.15) is 12.5 Å². The molecule has 0 bridgehead atoms. The molecule has 0 amide bonds. The summed E-state index contributed by atoms with van der Waals surface area (Å²) >= 11 is 0. The first-order chi connectivity index (χ1) is 11.9. The fourth-order valence-corrected chi connectivity index (χ4v) is 3.09. The maximum Gasteiger partial charge on any atom is 0.238 e. The van der Waals surface area contributed by atoms with Gasteiger partial charge >= 0.3 is 0 Å². The van der Waals surface area contributed by atoms with Crippen LogP contribution in [0.2, 0.25) is 0 Å². The van der Waals surface area contributed by atoms with Gasteiger partial charge in [0.25, 0.3) is 0 Å². The van der Waals surface area contributed by atoms with E-state index in [4.69, 9.17) is 5.14 Å². The summed E-state index contributed by atoms with van der Waals surface area (Å²) in [6, 6.07) is 4.85. The Bertz CT molecular complexity index is 914. The molecule has 132 valence electrons. The number of nitrogens with two attached hydrogens (primary N) is 1. The zero-order chi connectivity index (χ0) is 18.4. The molecule has 1 aromatic carbocycles. The Balaban J connectivity index is 2.64. The molecule has 0 aliphatic carbocycles. The van der Waals surface area contributed by atoms with Gasteiger partial charge in [-0.1, -0.05) is 36.9 Å². The minimum Gasteiger partial charge on any atom is -0.316 e. The van der Waals surface area contributed by atoms with E-state index >= 15 is 0 Å². The summed E-state index contributed by atoms with van der Waals surface area (Å²) in [7, 11) is -2.10. The Hall–Kier alpha value is -2.62. The van der Waals surface area contributed by atoms with E-state index in [0.717, 1.165) is 11.1 Å².